The van der Waals surface area contributed by atoms with Gasteiger partial charge >= 0.3 is 0 Å². The van der Waals surface area contributed by atoms with Gasteiger partial charge < -0.3 is 9.64 Å². The SMILES string of the molecule is COc1ccc(SCC(=O)N2CCN(S(=O)(=O)c3ccc(Br)cc3)CC2)cc1. The van der Waals surface area contributed by atoms with Gasteiger partial charge in [0.2, 0.25) is 15.9 Å². The van der Waals surface area contributed by atoms with E-state index in [2.05, 4.69) is 15.9 Å². The van der Waals surface area contributed by atoms with E-state index in [4.69, 9.17) is 4.74 Å². The van der Waals surface area contributed by atoms with Crippen LogP contribution in [-0.2, 0) is 14.8 Å². The molecular weight excluding hydrogens is 464 g/mol. The molecule has 0 spiro atoms. The lowest BCUT2D eigenvalue weighted by molar-refractivity contribution is -0.129. The van der Waals surface area contributed by atoms with Gasteiger partial charge in [-0.25, -0.2) is 8.42 Å². The zero-order valence-electron chi connectivity index (χ0n) is 15.4. The summed E-state index contributed by atoms with van der Waals surface area (Å²) in [5.74, 6) is 1.12. The Kier molecular flexibility index (Phi) is 7.03. The molecule has 2 aromatic carbocycles. The summed E-state index contributed by atoms with van der Waals surface area (Å²) in [5.41, 5.74) is 0. The molecule has 3 rings (SSSR count). The first kappa shape index (κ1) is 21.2. The van der Waals surface area contributed by atoms with Crippen LogP contribution in [0.4, 0.5) is 0 Å². The molecular formula is C19H21BrN2O4S2. The van der Waals surface area contributed by atoms with Crippen LogP contribution in [0.1, 0.15) is 0 Å². The third-order valence-electron chi connectivity index (χ3n) is 4.46. The maximum Gasteiger partial charge on any atom is 0.243 e. The average Bonchev–Trinajstić information content (AvgIpc) is 2.73. The van der Waals surface area contributed by atoms with Crippen LogP contribution in [0.25, 0.3) is 0 Å². The number of nitrogens with zero attached hydrogens (tertiary/aromatic N) is 2. The second kappa shape index (κ2) is 9.30. The Hall–Kier alpha value is -1.55. The summed E-state index contributed by atoms with van der Waals surface area (Å²) in [6.45, 7) is 1.41. The van der Waals surface area contributed by atoms with Gasteiger partial charge in [0.25, 0.3) is 0 Å². The van der Waals surface area contributed by atoms with E-state index in [1.165, 1.54) is 16.1 Å². The van der Waals surface area contributed by atoms with E-state index in [1.54, 1.807) is 36.3 Å². The van der Waals surface area contributed by atoms with Gasteiger partial charge in [-0.2, -0.15) is 4.31 Å². The van der Waals surface area contributed by atoms with Crippen molar-refractivity contribution >= 4 is 43.6 Å². The zero-order valence-corrected chi connectivity index (χ0v) is 18.6. The maximum atomic E-state index is 12.7. The fourth-order valence-corrected chi connectivity index (χ4v) is 5.33. The Morgan fingerprint density at radius 1 is 1.04 bits per heavy atom. The Labute approximate surface area is 178 Å². The molecule has 1 aliphatic heterocycles. The second-order valence-electron chi connectivity index (χ2n) is 6.20. The molecule has 0 unspecified atom stereocenters. The van der Waals surface area contributed by atoms with Crippen molar-refractivity contribution in [1.29, 1.82) is 0 Å². The summed E-state index contributed by atoms with van der Waals surface area (Å²) in [6.07, 6.45) is 0. The number of halogens is 1. The minimum atomic E-state index is -3.53. The minimum Gasteiger partial charge on any atom is -0.497 e. The van der Waals surface area contributed by atoms with Crippen LogP contribution < -0.4 is 4.74 Å². The molecule has 1 saturated heterocycles. The zero-order chi connectivity index (χ0) is 20.1. The largest absolute Gasteiger partial charge is 0.497 e. The molecule has 0 bridgehead atoms. The molecule has 0 radical (unpaired) electrons. The number of rotatable bonds is 6. The van der Waals surface area contributed by atoms with Crippen LogP contribution in [0.15, 0.2) is 62.8 Å². The first-order chi connectivity index (χ1) is 13.4. The first-order valence-corrected chi connectivity index (χ1v) is 11.9. The first-order valence-electron chi connectivity index (χ1n) is 8.70. The van der Waals surface area contributed by atoms with E-state index >= 15 is 0 Å². The molecule has 9 heteroatoms. The third-order valence-corrected chi connectivity index (χ3v) is 7.90. The van der Waals surface area contributed by atoms with Crippen molar-refractivity contribution in [3.63, 3.8) is 0 Å². The Balaban J connectivity index is 1.52. The summed E-state index contributed by atoms with van der Waals surface area (Å²) in [5, 5.41) is 0. The van der Waals surface area contributed by atoms with E-state index in [0.29, 0.717) is 31.9 Å². The molecule has 6 nitrogen and oxygen atoms in total. The van der Waals surface area contributed by atoms with E-state index < -0.39 is 10.0 Å². The molecule has 28 heavy (non-hydrogen) atoms. The van der Waals surface area contributed by atoms with Gasteiger partial charge in [0.05, 0.1) is 17.8 Å². The molecule has 0 N–H and O–H groups in total. The van der Waals surface area contributed by atoms with Gasteiger partial charge in [0.1, 0.15) is 5.75 Å². The van der Waals surface area contributed by atoms with Crippen molar-refractivity contribution in [2.45, 2.75) is 9.79 Å². The molecule has 1 aliphatic rings. The van der Waals surface area contributed by atoms with Crippen LogP contribution in [0.3, 0.4) is 0 Å². The number of piperazine rings is 1. The number of amides is 1. The molecule has 0 aliphatic carbocycles. The van der Waals surface area contributed by atoms with Crippen LogP contribution in [0.5, 0.6) is 5.75 Å². The highest BCUT2D eigenvalue weighted by molar-refractivity contribution is 9.10. The van der Waals surface area contributed by atoms with Crippen LogP contribution in [0, 0.1) is 0 Å². The number of benzene rings is 2. The van der Waals surface area contributed by atoms with E-state index in [0.717, 1.165) is 15.1 Å². The summed E-state index contributed by atoms with van der Waals surface area (Å²) < 4.78 is 32.9. The lowest BCUT2D eigenvalue weighted by Gasteiger charge is -2.34. The molecule has 0 saturated carbocycles. The standard InChI is InChI=1S/C19H21BrN2O4S2/c1-26-16-4-6-17(7-5-16)27-14-19(23)21-10-12-22(13-11-21)28(24,25)18-8-2-15(20)3-9-18/h2-9H,10-14H2,1H3. The fourth-order valence-electron chi connectivity index (χ4n) is 2.84. The van der Waals surface area contributed by atoms with Gasteiger partial charge in [-0.1, -0.05) is 15.9 Å². The molecule has 1 fully saturated rings. The number of carbonyl (C=O) groups excluding carboxylic acids is 1. The smallest absolute Gasteiger partial charge is 0.243 e. The van der Waals surface area contributed by atoms with Crippen molar-refractivity contribution in [2.75, 3.05) is 39.0 Å². The topological polar surface area (TPSA) is 66.9 Å². The van der Waals surface area contributed by atoms with Gasteiger partial charge in [0.15, 0.2) is 0 Å². The van der Waals surface area contributed by atoms with E-state index in [9.17, 15) is 13.2 Å². The predicted octanol–water partition coefficient (Wildman–Crippen LogP) is 3.08. The van der Waals surface area contributed by atoms with E-state index in [-0.39, 0.29) is 10.8 Å². The highest BCUT2D eigenvalue weighted by Crippen LogP contribution is 2.23. The van der Waals surface area contributed by atoms with Gasteiger partial charge in [-0.3, -0.25) is 4.79 Å². The number of carbonyl (C=O) groups is 1. The van der Waals surface area contributed by atoms with Crippen molar-refractivity contribution < 1.29 is 17.9 Å². The predicted molar refractivity (Wildman–Crippen MR) is 113 cm³/mol. The van der Waals surface area contributed by atoms with Gasteiger partial charge in [-0.05, 0) is 48.5 Å². The Morgan fingerprint density at radius 2 is 1.64 bits per heavy atom. The highest BCUT2D eigenvalue weighted by Gasteiger charge is 2.29. The van der Waals surface area contributed by atoms with Gasteiger partial charge in [-0.15, -0.1) is 11.8 Å². The molecule has 2 aromatic rings. The maximum absolute atomic E-state index is 12.7. The highest BCUT2D eigenvalue weighted by atomic mass is 79.9. The normalized spacial score (nSPS) is 15.4. The van der Waals surface area contributed by atoms with Crippen molar-refractivity contribution in [1.82, 2.24) is 9.21 Å². The molecule has 1 heterocycles. The monoisotopic (exact) mass is 484 g/mol. The lowest BCUT2D eigenvalue weighted by atomic mass is 10.3. The number of ether oxygens (including phenoxy) is 1. The minimum absolute atomic E-state index is 0.0153. The quantitative estimate of drug-likeness (QED) is 0.589. The third kappa shape index (κ3) is 5.08. The number of methoxy groups -OCH3 is 1. The number of sulfonamides is 1. The Bertz CT molecular complexity index is 910. The molecule has 1 amide bonds. The van der Waals surface area contributed by atoms with Crippen LogP contribution >= 0.6 is 27.7 Å². The number of hydrogen-bond acceptors (Lipinski definition) is 5. The Morgan fingerprint density at radius 3 is 2.21 bits per heavy atom. The summed E-state index contributed by atoms with van der Waals surface area (Å²) in [4.78, 5) is 15.5. The van der Waals surface area contributed by atoms with Crippen molar-refractivity contribution in [3.8, 4) is 5.75 Å². The van der Waals surface area contributed by atoms with Crippen LogP contribution in [-0.4, -0.2) is 62.6 Å². The summed E-state index contributed by atoms with van der Waals surface area (Å²) in [7, 11) is -1.92. The van der Waals surface area contributed by atoms with Crippen molar-refractivity contribution in [2.24, 2.45) is 0 Å². The number of hydrogen-bond donors (Lipinski definition) is 0. The molecule has 150 valence electrons. The second-order valence-corrected chi connectivity index (χ2v) is 10.1. The summed E-state index contributed by atoms with van der Waals surface area (Å²) >= 11 is 4.77. The van der Waals surface area contributed by atoms with E-state index in [1.807, 2.05) is 24.3 Å². The average molecular weight is 485 g/mol. The number of thioether (sulfide) groups is 1. The molecule has 0 aromatic heterocycles. The summed E-state index contributed by atoms with van der Waals surface area (Å²) in [6, 6.07) is 14.1. The fraction of sp³-hybridized carbons (Fsp3) is 0.316. The van der Waals surface area contributed by atoms with Gasteiger partial charge in [0, 0.05) is 35.5 Å². The molecule has 0 atom stereocenters. The van der Waals surface area contributed by atoms with Crippen LogP contribution in [0.2, 0.25) is 0 Å². The lowest BCUT2D eigenvalue weighted by Crippen LogP contribution is -2.50. The van der Waals surface area contributed by atoms with Crippen molar-refractivity contribution in [3.05, 3.63) is 53.0 Å².